The van der Waals surface area contributed by atoms with Crippen molar-refractivity contribution in [1.82, 2.24) is 4.98 Å². The molecule has 0 saturated heterocycles. The van der Waals surface area contributed by atoms with Crippen LogP contribution >= 0.6 is 0 Å². The Hall–Kier alpha value is -3.33. The Morgan fingerprint density at radius 1 is 1.14 bits per heavy atom. The summed E-state index contributed by atoms with van der Waals surface area (Å²) in [5.74, 6) is -0.564. The Morgan fingerprint density at radius 3 is 2.48 bits per heavy atom. The summed E-state index contributed by atoms with van der Waals surface area (Å²) in [4.78, 5) is 15.1. The molecule has 29 heavy (non-hydrogen) atoms. The van der Waals surface area contributed by atoms with E-state index in [1.807, 2.05) is 37.3 Å². The van der Waals surface area contributed by atoms with Gasteiger partial charge in [-0.15, -0.1) is 0 Å². The summed E-state index contributed by atoms with van der Waals surface area (Å²) < 4.78 is 36.8. The van der Waals surface area contributed by atoms with E-state index in [0.717, 1.165) is 17.0 Å². The highest BCUT2D eigenvalue weighted by molar-refractivity contribution is 7.93. The number of nitrogens with one attached hydrogen (secondary N) is 1. The summed E-state index contributed by atoms with van der Waals surface area (Å²) in [5.41, 5.74) is 1.98. The molecule has 3 rings (SSSR count). The number of aliphatic carboxylic acids is 1. The number of sulfonamides is 1. The fourth-order valence-electron chi connectivity index (χ4n) is 2.63. The summed E-state index contributed by atoms with van der Waals surface area (Å²) in [6.45, 7) is 2.22. The highest BCUT2D eigenvalue weighted by Crippen LogP contribution is 2.22. The van der Waals surface area contributed by atoms with E-state index < -0.39 is 21.7 Å². The molecule has 0 radical (unpaired) electrons. The average Bonchev–Trinajstić information content (AvgIpc) is 3.03. The quantitative estimate of drug-likeness (QED) is 0.550. The van der Waals surface area contributed by atoms with Crippen molar-refractivity contribution in [3.63, 3.8) is 0 Å². The standard InChI is InChI=1S/C20H20N2O6S/c1-14-18(21-20(28-14)15-5-3-2-4-6-15)11-12-27-17-9-7-16(8-10-17)22-29(25,26)13-19(23)24/h2-10,22H,11-13H2,1H3,(H,23,24). The Balaban J connectivity index is 1.55. The summed E-state index contributed by atoms with van der Waals surface area (Å²) in [6.07, 6.45) is 0.551. The molecule has 1 aromatic heterocycles. The number of anilines is 1. The largest absolute Gasteiger partial charge is 0.493 e. The molecule has 1 heterocycles. The number of benzene rings is 2. The number of hydrogen-bond donors (Lipinski definition) is 2. The SMILES string of the molecule is Cc1oc(-c2ccccc2)nc1CCOc1ccc(NS(=O)(=O)CC(=O)O)cc1. The van der Waals surface area contributed by atoms with Gasteiger partial charge in [0, 0.05) is 17.7 Å². The van der Waals surface area contributed by atoms with Crippen molar-refractivity contribution in [2.24, 2.45) is 0 Å². The lowest BCUT2D eigenvalue weighted by atomic mass is 10.2. The number of aromatic nitrogens is 1. The topological polar surface area (TPSA) is 119 Å². The summed E-state index contributed by atoms with van der Waals surface area (Å²) >= 11 is 0. The van der Waals surface area contributed by atoms with E-state index in [1.54, 1.807) is 12.1 Å². The van der Waals surface area contributed by atoms with Crippen molar-refractivity contribution < 1.29 is 27.5 Å². The third-order valence-electron chi connectivity index (χ3n) is 3.96. The highest BCUT2D eigenvalue weighted by atomic mass is 32.2. The third kappa shape index (κ3) is 5.82. The Morgan fingerprint density at radius 2 is 1.83 bits per heavy atom. The first-order valence-electron chi connectivity index (χ1n) is 8.79. The van der Waals surface area contributed by atoms with Crippen LogP contribution in [0, 0.1) is 6.92 Å². The van der Waals surface area contributed by atoms with Gasteiger partial charge < -0.3 is 14.3 Å². The summed E-state index contributed by atoms with van der Waals surface area (Å²) in [5, 5.41) is 8.60. The van der Waals surface area contributed by atoms with Gasteiger partial charge in [-0.05, 0) is 43.3 Å². The molecule has 9 heteroatoms. The summed E-state index contributed by atoms with van der Waals surface area (Å²) in [6, 6.07) is 15.8. The van der Waals surface area contributed by atoms with Crippen molar-refractivity contribution in [2.45, 2.75) is 13.3 Å². The molecule has 0 saturated carbocycles. The second-order valence-corrected chi connectivity index (χ2v) is 7.99. The lowest BCUT2D eigenvalue weighted by Crippen LogP contribution is -2.22. The number of aryl methyl sites for hydroxylation is 1. The van der Waals surface area contributed by atoms with Crippen LogP contribution in [-0.2, 0) is 21.2 Å². The van der Waals surface area contributed by atoms with Crippen LogP contribution in [0.3, 0.4) is 0 Å². The molecule has 0 atom stereocenters. The minimum atomic E-state index is -3.93. The van der Waals surface area contributed by atoms with Gasteiger partial charge in [-0.2, -0.15) is 0 Å². The van der Waals surface area contributed by atoms with Crippen molar-refractivity contribution in [2.75, 3.05) is 17.1 Å². The van der Waals surface area contributed by atoms with Gasteiger partial charge in [-0.3, -0.25) is 9.52 Å². The van der Waals surface area contributed by atoms with E-state index in [9.17, 15) is 13.2 Å². The first kappa shape index (κ1) is 20.4. The number of carbonyl (C=O) groups is 1. The van der Waals surface area contributed by atoms with Crippen molar-refractivity contribution in [3.8, 4) is 17.2 Å². The molecule has 0 unspecified atom stereocenters. The lowest BCUT2D eigenvalue weighted by Gasteiger charge is -2.08. The van der Waals surface area contributed by atoms with E-state index in [2.05, 4.69) is 9.71 Å². The monoisotopic (exact) mass is 416 g/mol. The predicted molar refractivity (Wildman–Crippen MR) is 107 cm³/mol. The van der Waals surface area contributed by atoms with E-state index in [4.69, 9.17) is 14.3 Å². The molecular formula is C20H20N2O6S. The molecular weight excluding hydrogens is 396 g/mol. The fraction of sp³-hybridized carbons (Fsp3) is 0.200. The van der Waals surface area contributed by atoms with Gasteiger partial charge in [-0.1, -0.05) is 18.2 Å². The second-order valence-electron chi connectivity index (χ2n) is 6.27. The molecule has 3 aromatic rings. The van der Waals surface area contributed by atoms with Gasteiger partial charge in [0.1, 0.15) is 11.5 Å². The van der Waals surface area contributed by atoms with Crippen LogP contribution in [0.1, 0.15) is 11.5 Å². The molecule has 0 aliphatic heterocycles. The van der Waals surface area contributed by atoms with Crippen LogP contribution < -0.4 is 9.46 Å². The number of carboxylic acids is 1. The minimum Gasteiger partial charge on any atom is -0.493 e. The van der Waals surface area contributed by atoms with Crippen LogP contribution in [0.15, 0.2) is 59.0 Å². The van der Waals surface area contributed by atoms with Crippen LogP contribution in [0.4, 0.5) is 5.69 Å². The maximum Gasteiger partial charge on any atom is 0.320 e. The summed E-state index contributed by atoms with van der Waals surface area (Å²) in [7, 11) is -3.93. The molecule has 0 spiro atoms. The molecule has 2 N–H and O–H groups in total. The number of hydrogen-bond acceptors (Lipinski definition) is 6. The number of oxazole rings is 1. The van der Waals surface area contributed by atoms with Crippen LogP contribution in [0.5, 0.6) is 5.75 Å². The van der Waals surface area contributed by atoms with Crippen LogP contribution in [0.25, 0.3) is 11.5 Å². The van der Waals surface area contributed by atoms with Crippen LogP contribution in [0.2, 0.25) is 0 Å². The first-order chi connectivity index (χ1) is 13.8. The van der Waals surface area contributed by atoms with Gasteiger partial charge in [0.25, 0.3) is 0 Å². The molecule has 152 valence electrons. The highest BCUT2D eigenvalue weighted by Gasteiger charge is 2.15. The predicted octanol–water partition coefficient (Wildman–Crippen LogP) is 3.10. The van der Waals surface area contributed by atoms with Crippen molar-refractivity contribution in [3.05, 3.63) is 66.1 Å². The van der Waals surface area contributed by atoms with E-state index in [1.165, 1.54) is 12.1 Å². The molecule has 0 aliphatic rings. The van der Waals surface area contributed by atoms with Gasteiger partial charge in [0.15, 0.2) is 5.75 Å². The Kier molecular flexibility index (Phi) is 6.18. The number of ether oxygens (including phenoxy) is 1. The zero-order chi connectivity index (χ0) is 20.9. The zero-order valence-corrected chi connectivity index (χ0v) is 16.5. The number of rotatable bonds is 9. The molecule has 0 bridgehead atoms. The molecule has 2 aromatic carbocycles. The van der Waals surface area contributed by atoms with Gasteiger partial charge in [0.05, 0.1) is 12.3 Å². The van der Waals surface area contributed by atoms with E-state index in [0.29, 0.717) is 24.7 Å². The smallest absolute Gasteiger partial charge is 0.320 e. The Labute approximate surface area is 168 Å². The fourth-order valence-corrected chi connectivity index (χ4v) is 3.52. The molecule has 0 aliphatic carbocycles. The third-order valence-corrected chi connectivity index (χ3v) is 5.14. The van der Waals surface area contributed by atoms with Gasteiger partial charge in [0.2, 0.25) is 15.9 Å². The maximum atomic E-state index is 11.6. The lowest BCUT2D eigenvalue weighted by molar-refractivity contribution is -0.134. The van der Waals surface area contributed by atoms with Crippen molar-refractivity contribution >= 4 is 21.7 Å². The van der Waals surface area contributed by atoms with Crippen molar-refractivity contribution in [1.29, 1.82) is 0 Å². The first-order valence-corrected chi connectivity index (χ1v) is 10.4. The Bertz CT molecular complexity index is 1080. The molecule has 8 nitrogen and oxygen atoms in total. The van der Waals surface area contributed by atoms with Gasteiger partial charge >= 0.3 is 5.97 Å². The maximum absolute atomic E-state index is 11.6. The molecule has 0 amide bonds. The van der Waals surface area contributed by atoms with E-state index in [-0.39, 0.29) is 5.69 Å². The molecule has 0 fully saturated rings. The van der Waals surface area contributed by atoms with E-state index >= 15 is 0 Å². The number of carboxylic acid groups (broad SMARTS) is 1. The number of nitrogens with zero attached hydrogens (tertiary/aromatic N) is 1. The zero-order valence-electron chi connectivity index (χ0n) is 15.7. The minimum absolute atomic E-state index is 0.262. The average molecular weight is 416 g/mol. The van der Waals surface area contributed by atoms with Gasteiger partial charge in [-0.25, -0.2) is 13.4 Å². The normalized spacial score (nSPS) is 11.2. The second kappa shape index (κ2) is 8.78. The van der Waals surface area contributed by atoms with Crippen LogP contribution in [-0.4, -0.2) is 36.8 Å².